The third-order valence-corrected chi connectivity index (χ3v) is 3.16. The fourth-order valence-corrected chi connectivity index (χ4v) is 2.16. The summed E-state index contributed by atoms with van der Waals surface area (Å²) in [6, 6.07) is 13.7. The monoisotopic (exact) mass is 281 g/mol. The quantitative estimate of drug-likeness (QED) is 0.589. The van der Waals surface area contributed by atoms with E-state index in [1.807, 2.05) is 30.3 Å². The molecular weight excluding hydrogens is 270 g/mol. The van der Waals surface area contributed by atoms with Gasteiger partial charge in [-0.2, -0.15) is 0 Å². The van der Waals surface area contributed by atoms with E-state index in [1.54, 1.807) is 0 Å². The zero-order chi connectivity index (χ0) is 14.8. The molecule has 1 N–H and O–H groups in total. The van der Waals surface area contributed by atoms with Crippen LogP contribution in [-0.2, 0) is 6.42 Å². The van der Waals surface area contributed by atoms with Crippen LogP contribution in [0.4, 0.5) is 5.69 Å². The van der Waals surface area contributed by atoms with Gasteiger partial charge in [0.2, 0.25) is 0 Å². The van der Waals surface area contributed by atoms with Crippen LogP contribution >= 0.6 is 0 Å². The highest BCUT2D eigenvalue weighted by atomic mass is 16.6. The third-order valence-electron chi connectivity index (χ3n) is 3.16. The molecule has 0 amide bonds. The van der Waals surface area contributed by atoms with Gasteiger partial charge < -0.3 is 4.98 Å². The lowest BCUT2D eigenvalue weighted by Crippen LogP contribution is -2.12. The molecule has 0 unspecified atom stereocenters. The smallest absolute Gasteiger partial charge is 0.270 e. The van der Waals surface area contributed by atoms with Crippen molar-refractivity contribution in [1.82, 2.24) is 9.97 Å². The SMILES string of the molecule is O=c1[nH]c(Cc2ccccc2)nc2ccc([N+](=O)[O-])cc12. The van der Waals surface area contributed by atoms with Gasteiger partial charge in [-0.05, 0) is 11.6 Å². The molecule has 2 aromatic carbocycles. The number of nitrogens with zero attached hydrogens (tertiary/aromatic N) is 2. The summed E-state index contributed by atoms with van der Waals surface area (Å²) in [5.74, 6) is 0.535. The lowest BCUT2D eigenvalue weighted by molar-refractivity contribution is -0.384. The Morgan fingerprint density at radius 3 is 2.62 bits per heavy atom. The molecule has 3 rings (SSSR count). The number of nitro groups is 1. The first-order valence-corrected chi connectivity index (χ1v) is 6.35. The van der Waals surface area contributed by atoms with E-state index in [9.17, 15) is 14.9 Å². The van der Waals surface area contributed by atoms with Gasteiger partial charge in [0.25, 0.3) is 11.2 Å². The number of hydrogen-bond donors (Lipinski definition) is 1. The zero-order valence-corrected chi connectivity index (χ0v) is 10.9. The number of nitrogens with one attached hydrogen (secondary N) is 1. The van der Waals surface area contributed by atoms with Gasteiger partial charge in [0.15, 0.2) is 0 Å². The standard InChI is InChI=1S/C15H11N3O3/c19-15-12-9-11(18(20)21)6-7-13(12)16-14(17-15)8-10-4-2-1-3-5-10/h1-7,9H,8H2,(H,16,17,19). The number of H-pyrrole nitrogens is 1. The van der Waals surface area contributed by atoms with Crippen LogP contribution in [0.5, 0.6) is 0 Å². The number of nitro benzene ring substituents is 1. The normalized spacial score (nSPS) is 10.7. The Hall–Kier alpha value is -3.02. The summed E-state index contributed by atoms with van der Waals surface area (Å²) in [5.41, 5.74) is 0.998. The Bertz CT molecular complexity index is 872. The number of hydrogen-bond acceptors (Lipinski definition) is 4. The van der Waals surface area contributed by atoms with Gasteiger partial charge in [-0.25, -0.2) is 4.98 Å². The highest BCUT2D eigenvalue weighted by Gasteiger charge is 2.10. The summed E-state index contributed by atoms with van der Waals surface area (Å²) in [6.07, 6.45) is 0.503. The number of non-ortho nitro benzene ring substituents is 1. The molecule has 0 saturated carbocycles. The maximum Gasteiger partial charge on any atom is 0.270 e. The van der Waals surface area contributed by atoms with Gasteiger partial charge in [-0.3, -0.25) is 14.9 Å². The second-order valence-electron chi connectivity index (χ2n) is 4.63. The van der Waals surface area contributed by atoms with Crippen molar-refractivity contribution in [3.05, 3.63) is 80.4 Å². The van der Waals surface area contributed by atoms with Crippen molar-refractivity contribution in [3.63, 3.8) is 0 Å². The van der Waals surface area contributed by atoms with Crippen LogP contribution in [0.1, 0.15) is 11.4 Å². The van der Waals surface area contributed by atoms with Crippen molar-refractivity contribution in [2.24, 2.45) is 0 Å². The molecule has 6 heteroatoms. The number of aromatic nitrogens is 2. The van der Waals surface area contributed by atoms with Crippen LogP contribution in [-0.4, -0.2) is 14.9 Å². The summed E-state index contributed by atoms with van der Waals surface area (Å²) in [4.78, 5) is 29.3. The minimum atomic E-state index is -0.531. The second-order valence-corrected chi connectivity index (χ2v) is 4.63. The van der Waals surface area contributed by atoms with Crippen LogP contribution in [0.15, 0.2) is 53.3 Å². The summed E-state index contributed by atoms with van der Waals surface area (Å²) in [6.45, 7) is 0. The molecule has 21 heavy (non-hydrogen) atoms. The van der Waals surface area contributed by atoms with Crippen LogP contribution in [0.2, 0.25) is 0 Å². The predicted molar refractivity (Wildman–Crippen MR) is 78.3 cm³/mol. The molecule has 0 aliphatic heterocycles. The molecule has 0 saturated heterocycles. The lowest BCUT2D eigenvalue weighted by atomic mass is 10.1. The molecule has 0 aliphatic carbocycles. The first-order valence-electron chi connectivity index (χ1n) is 6.35. The molecule has 0 bridgehead atoms. The largest absolute Gasteiger partial charge is 0.310 e. The van der Waals surface area contributed by atoms with Crippen molar-refractivity contribution in [2.45, 2.75) is 6.42 Å². The van der Waals surface area contributed by atoms with Crippen molar-refractivity contribution in [3.8, 4) is 0 Å². The van der Waals surface area contributed by atoms with E-state index in [0.717, 1.165) is 5.56 Å². The number of fused-ring (bicyclic) bond motifs is 1. The fraction of sp³-hybridized carbons (Fsp3) is 0.0667. The Morgan fingerprint density at radius 1 is 1.14 bits per heavy atom. The second kappa shape index (κ2) is 5.16. The summed E-state index contributed by atoms with van der Waals surface area (Å²) in [5, 5.41) is 11.0. The highest BCUT2D eigenvalue weighted by Crippen LogP contribution is 2.17. The van der Waals surface area contributed by atoms with E-state index in [2.05, 4.69) is 9.97 Å². The van der Waals surface area contributed by atoms with E-state index in [4.69, 9.17) is 0 Å². The lowest BCUT2D eigenvalue weighted by Gasteiger charge is -2.03. The molecule has 1 aromatic heterocycles. The molecule has 6 nitrogen and oxygen atoms in total. The van der Waals surface area contributed by atoms with E-state index < -0.39 is 4.92 Å². The summed E-state index contributed by atoms with van der Waals surface area (Å²) in [7, 11) is 0. The summed E-state index contributed by atoms with van der Waals surface area (Å²) < 4.78 is 0. The average molecular weight is 281 g/mol. The van der Waals surface area contributed by atoms with Crippen LogP contribution in [0, 0.1) is 10.1 Å². The molecule has 0 radical (unpaired) electrons. The van der Waals surface area contributed by atoms with Gasteiger partial charge in [0.1, 0.15) is 5.82 Å². The minimum absolute atomic E-state index is 0.120. The van der Waals surface area contributed by atoms with E-state index in [1.165, 1.54) is 18.2 Å². The van der Waals surface area contributed by atoms with Crippen LogP contribution in [0.3, 0.4) is 0 Å². The van der Waals surface area contributed by atoms with Crippen molar-refractivity contribution in [1.29, 1.82) is 0 Å². The van der Waals surface area contributed by atoms with E-state index in [0.29, 0.717) is 17.8 Å². The number of benzene rings is 2. The molecule has 0 spiro atoms. The molecule has 0 aliphatic rings. The summed E-state index contributed by atoms with van der Waals surface area (Å²) >= 11 is 0. The molecule has 0 atom stereocenters. The fourth-order valence-electron chi connectivity index (χ4n) is 2.16. The third kappa shape index (κ3) is 2.64. The minimum Gasteiger partial charge on any atom is -0.310 e. The zero-order valence-electron chi connectivity index (χ0n) is 10.9. The number of rotatable bonds is 3. The van der Waals surface area contributed by atoms with E-state index >= 15 is 0 Å². The maximum atomic E-state index is 12.0. The molecular formula is C15H11N3O3. The highest BCUT2D eigenvalue weighted by molar-refractivity contribution is 5.80. The Kier molecular flexibility index (Phi) is 3.19. The van der Waals surface area contributed by atoms with Gasteiger partial charge in [0, 0.05) is 18.6 Å². The first-order chi connectivity index (χ1) is 10.1. The maximum absolute atomic E-state index is 12.0. The first kappa shape index (κ1) is 13.0. The van der Waals surface area contributed by atoms with Crippen LogP contribution in [0.25, 0.3) is 10.9 Å². The van der Waals surface area contributed by atoms with Crippen molar-refractivity contribution >= 4 is 16.6 Å². The Balaban J connectivity index is 2.06. The van der Waals surface area contributed by atoms with Crippen molar-refractivity contribution < 1.29 is 4.92 Å². The molecule has 1 heterocycles. The Morgan fingerprint density at radius 2 is 1.90 bits per heavy atom. The topological polar surface area (TPSA) is 88.9 Å². The van der Waals surface area contributed by atoms with Gasteiger partial charge in [-0.1, -0.05) is 30.3 Å². The van der Waals surface area contributed by atoms with E-state index in [-0.39, 0.29) is 16.6 Å². The average Bonchev–Trinajstić information content (AvgIpc) is 2.48. The van der Waals surface area contributed by atoms with Gasteiger partial charge >= 0.3 is 0 Å². The molecule has 0 fully saturated rings. The van der Waals surface area contributed by atoms with Crippen LogP contribution < -0.4 is 5.56 Å². The van der Waals surface area contributed by atoms with Gasteiger partial charge in [0.05, 0.1) is 15.8 Å². The predicted octanol–water partition coefficient (Wildman–Crippen LogP) is 2.42. The number of aromatic amines is 1. The van der Waals surface area contributed by atoms with Crippen molar-refractivity contribution in [2.75, 3.05) is 0 Å². The Labute approximate surface area is 119 Å². The molecule has 3 aromatic rings. The molecule has 104 valence electrons. The van der Waals surface area contributed by atoms with Gasteiger partial charge in [-0.15, -0.1) is 0 Å².